The second-order valence-electron chi connectivity index (χ2n) is 4.69. The Labute approximate surface area is 140 Å². The number of hydrogen-bond acceptors (Lipinski definition) is 3. The zero-order valence-corrected chi connectivity index (χ0v) is 14.5. The van der Waals surface area contributed by atoms with Crippen molar-refractivity contribution in [3.63, 3.8) is 0 Å². The fraction of sp³-hybridized carbons (Fsp3) is 0.200. The van der Waals surface area contributed by atoms with Crippen LogP contribution in [0.4, 0.5) is 5.69 Å². The van der Waals surface area contributed by atoms with Crippen LogP contribution in [0.2, 0.25) is 0 Å². The molecule has 4 nitrogen and oxygen atoms in total. The summed E-state index contributed by atoms with van der Waals surface area (Å²) >= 11 is 6.70. The van der Waals surface area contributed by atoms with Crippen LogP contribution in [-0.4, -0.2) is 4.92 Å². The lowest BCUT2D eigenvalue weighted by molar-refractivity contribution is -0.385. The predicted octanol–water partition coefficient (Wildman–Crippen LogP) is 4.97. The highest BCUT2D eigenvalue weighted by molar-refractivity contribution is 9.10. The summed E-state index contributed by atoms with van der Waals surface area (Å²) in [5.41, 5.74) is 1.92. The van der Waals surface area contributed by atoms with E-state index in [4.69, 9.17) is 0 Å². The minimum absolute atomic E-state index is 0.103. The quantitative estimate of drug-likeness (QED) is 0.556. The Morgan fingerprint density at radius 1 is 1.19 bits per heavy atom. The molecule has 0 aliphatic carbocycles. The van der Waals surface area contributed by atoms with Crippen molar-refractivity contribution in [2.45, 2.75) is 19.5 Å². The van der Waals surface area contributed by atoms with Gasteiger partial charge in [0.25, 0.3) is 5.69 Å². The number of nitrogens with zero attached hydrogens (tertiary/aromatic N) is 1. The summed E-state index contributed by atoms with van der Waals surface area (Å²) in [6.45, 7) is 2.48. The van der Waals surface area contributed by atoms with Crippen molar-refractivity contribution >= 4 is 37.5 Å². The summed E-state index contributed by atoms with van der Waals surface area (Å²) in [6, 6.07) is 13.2. The second-order valence-corrected chi connectivity index (χ2v) is 6.52. The van der Waals surface area contributed by atoms with E-state index >= 15 is 0 Å². The summed E-state index contributed by atoms with van der Waals surface area (Å²) < 4.78 is 1.72. The van der Waals surface area contributed by atoms with Gasteiger partial charge in [-0.05, 0) is 36.8 Å². The van der Waals surface area contributed by atoms with Crippen LogP contribution < -0.4 is 5.32 Å². The van der Waals surface area contributed by atoms with Crippen LogP contribution in [-0.2, 0) is 6.54 Å². The van der Waals surface area contributed by atoms with E-state index in [1.807, 2.05) is 37.3 Å². The van der Waals surface area contributed by atoms with E-state index in [-0.39, 0.29) is 16.7 Å². The van der Waals surface area contributed by atoms with E-state index in [9.17, 15) is 10.1 Å². The first-order valence-electron chi connectivity index (χ1n) is 6.39. The average molecular weight is 414 g/mol. The largest absolute Gasteiger partial charge is 0.306 e. The first kappa shape index (κ1) is 16.1. The van der Waals surface area contributed by atoms with Gasteiger partial charge in [0, 0.05) is 33.2 Å². The van der Waals surface area contributed by atoms with Crippen molar-refractivity contribution in [2.24, 2.45) is 0 Å². The SMILES string of the molecule is C[C@H](NCc1ccc(Br)cc1[N+](=O)[O-])c1cccc(Br)c1. The summed E-state index contributed by atoms with van der Waals surface area (Å²) in [4.78, 5) is 10.7. The van der Waals surface area contributed by atoms with Gasteiger partial charge < -0.3 is 5.32 Å². The fourth-order valence-corrected chi connectivity index (χ4v) is 2.78. The Bertz CT molecular complexity index is 662. The molecule has 2 aromatic rings. The van der Waals surface area contributed by atoms with Gasteiger partial charge in [-0.2, -0.15) is 0 Å². The van der Waals surface area contributed by atoms with Gasteiger partial charge >= 0.3 is 0 Å². The van der Waals surface area contributed by atoms with Crippen molar-refractivity contribution in [1.29, 1.82) is 0 Å². The van der Waals surface area contributed by atoms with Gasteiger partial charge in [-0.25, -0.2) is 0 Å². The van der Waals surface area contributed by atoms with E-state index in [0.717, 1.165) is 10.0 Å². The minimum atomic E-state index is -0.356. The average Bonchev–Trinajstić information content (AvgIpc) is 2.45. The van der Waals surface area contributed by atoms with Gasteiger partial charge in [0.2, 0.25) is 0 Å². The molecule has 0 spiro atoms. The number of hydrogen-bond donors (Lipinski definition) is 1. The molecule has 0 aromatic heterocycles. The monoisotopic (exact) mass is 412 g/mol. The Morgan fingerprint density at radius 3 is 2.57 bits per heavy atom. The third-order valence-electron chi connectivity index (χ3n) is 3.19. The Kier molecular flexibility index (Phi) is 5.50. The van der Waals surface area contributed by atoms with Crippen molar-refractivity contribution in [3.05, 3.63) is 72.7 Å². The molecule has 0 aliphatic heterocycles. The highest BCUT2D eigenvalue weighted by Crippen LogP contribution is 2.24. The van der Waals surface area contributed by atoms with Crippen LogP contribution in [0.5, 0.6) is 0 Å². The molecule has 0 fully saturated rings. The summed E-state index contributed by atoms with van der Waals surface area (Å²) in [7, 11) is 0. The van der Waals surface area contributed by atoms with Crippen LogP contribution in [0.3, 0.4) is 0 Å². The Hall–Kier alpha value is -1.24. The predicted molar refractivity (Wildman–Crippen MR) is 90.2 cm³/mol. The van der Waals surface area contributed by atoms with E-state index in [1.165, 1.54) is 6.07 Å². The maximum absolute atomic E-state index is 11.1. The fourth-order valence-electron chi connectivity index (χ4n) is 2.01. The molecule has 1 N–H and O–H groups in total. The molecule has 0 saturated heterocycles. The number of nitro benzene ring substituents is 1. The van der Waals surface area contributed by atoms with Crippen LogP contribution in [0.15, 0.2) is 51.4 Å². The molecular weight excluding hydrogens is 400 g/mol. The van der Waals surface area contributed by atoms with Crippen molar-refractivity contribution < 1.29 is 4.92 Å². The topological polar surface area (TPSA) is 55.2 Å². The van der Waals surface area contributed by atoms with Gasteiger partial charge in [-0.15, -0.1) is 0 Å². The van der Waals surface area contributed by atoms with Gasteiger partial charge in [-0.1, -0.05) is 44.0 Å². The van der Waals surface area contributed by atoms with Crippen LogP contribution in [0.25, 0.3) is 0 Å². The maximum Gasteiger partial charge on any atom is 0.275 e. The summed E-state index contributed by atoms with van der Waals surface area (Å²) in [6.07, 6.45) is 0. The number of rotatable bonds is 5. The van der Waals surface area contributed by atoms with E-state index in [2.05, 4.69) is 37.2 Å². The Balaban J connectivity index is 2.11. The second kappa shape index (κ2) is 7.15. The highest BCUT2D eigenvalue weighted by atomic mass is 79.9. The molecule has 2 rings (SSSR count). The number of benzene rings is 2. The minimum Gasteiger partial charge on any atom is -0.306 e. The molecule has 0 heterocycles. The molecule has 0 bridgehead atoms. The van der Waals surface area contributed by atoms with Gasteiger partial charge in [0.15, 0.2) is 0 Å². The number of halogens is 2. The zero-order chi connectivity index (χ0) is 15.4. The lowest BCUT2D eigenvalue weighted by atomic mass is 10.1. The van der Waals surface area contributed by atoms with E-state index in [0.29, 0.717) is 16.6 Å². The van der Waals surface area contributed by atoms with Gasteiger partial charge in [-0.3, -0.25) is 10.1 Å². The molecule has 6 heteroatoms. The van der Waals surface area contributed by atoms with Gasteiger partial charge in [0.05, 0.1) is 4.92 Å². The molecule has 110 valence electrons. The van der Waals surface area contributed by atoms with Crippen LogP contribution in [0.1, 0.15) is 24.1 Å². The first-order valence-corrected chi connectivity index (χ1v) is 7.97. The molecule has 2 aromatic carbocycles. The normalized spacial score (nSPS) is 12.1. The zero-order valence-electron chi connectivity index (χ0n) is 11.3. The molecule has 0 saturated carbocycles. The molecule has 0 radical (unpaired) electrons. The lowest BCUT2D eigenvalue weighted by Crippen LogP contribution is -2.18. The third-order valence-corrected chi connectivity index (χ3v) is 4.18. The molecule has 1 atom stereocenters. The highest BCUT2D eigenvalue weighted by Gasteiger charge is 2.15. The molecular formula is C15H14Br2N2O2. The Morgan fingerprint density at radius 2 is 1.90 bits per heavy atom. The smallest absolute Gasteiger partial charge is 0.275 e. The standard InChI is InChI=1S/C15H14Br2N2O2/c1-10(11-3-2-4-13(16)7-11)18-9-12-5-6-14(17)8-15(12)19(20)21/h2-8,10,18H,9H2,1H3/t10-/m0/s1. The van der Waals surface area contributed by atoms with Crippen LogP contribution in [0, 0.1) is 10.1 Å². The number of nitrogens with one attached hydrogen (secondary N) is 1. The molecule has 21 heavy (non-hydrogen) atoms. The van der Waals surface area contributed by atoms with Crippen LogP contribution >= 0.6 is 31.9 Å². The van der Waals surface area contributed by atoms with Gasteiger partial charge in [0.1, 0.15) is 0 Å². The summed E-state index contributed by atoms with van der Waals surface area (Å²) in [5, 5.41) is 14.4. The van der Waals surface area contributed by atoms with Crippen molar-refractivity contribution in [1.82, 2.24) is 5.32 Å². The maximum atomic E-state index is 11.1. The number of nitro groups is 1. The van der Waals surface area contributed by atoms with Crippen molar-refractivity contribution in [3.8, 4) is 0 Å². The molecule has 0 amide bonds. The lowest BCUT2D eigenvalue weighted by Gasteiger charge is -2.14. The summed E-state index contributed by atoms with van der Waals surface area (Å²) in [5.74, 6) is 0. The van der Waals surface area contributed by atoms with E-state index in [1.54, 1.807) is 6.07 Å². The first-order chi connectivity index (χ1) is 9.97. The third kappa shape index (κ3) is 4.36. The molecule has 0 aliphatic rings. The molecule has 0 unspecified atom stereocenters. The van der Waals surface area contributed by atoms with Crippen molar-refractivity contribution in [2.75, 3.05) is 0 Å². The van der Waals surface area contributed by atoms with E-state index < -0.39 is 0 Å².